The van der Waals surface area contributed by atoms with Gasteiger partial charge in [0.15, 0.2) is 0 Å². The molecule has 1 aromatic heterocycles. The Morgan fingerprint density at radius 3 is 2.56 bits per heavy atom. The number of carbonyl (C=O) groups is 2. The van der Waals surface area contributed by atoms with Gasteiger partial charge in [-0.25, -0.2) is 4.79 Å². The Hall–Kier alpha value is -3.22. The van der Waals surface area contributed by atoms with Crippen LogP contribution >= 0.6 is 11.3 Å². The number of rotatable bonds is 13. The monoisotopic (exact) mass is 518 g/mol. The molecule has 0 saturated heterocycles. The molecule has 3 aromatic rings. The summed E-state index contributed by atoms with van der Waals surface area (Å²) in [7, 11) is 1.60. The van der Waals surface area contributed by atoms with Gasteiger partial charge in [0.1, 0.15) is 11.9 Å². The van der Waals surface area contributed by atoms with E-state index in [4.69, 9.17) is 24.6 Å². The quantitative estimate of drug-likeness (QED) is 0.137. The number of hydrogen-bond acceptors (Lipinski definition) is 10. The van der Waals surface area contributed by atoms with E-state index in [1.54, 1.807) is 18.4 Å². The van der Waals surface area contributed by atoms with Crippen LogP contribution in [0.2, 0.25) is 0 Å². The molecule has 0 aliphatic rings. The summed E-state index contributed by atoms with van der Waals surface area (Å²) in [4.78, 5) is 31.1. The number of thiophene rings is 1. The number of nitrogens with zero attached hydrogens (tertiary/aromatic N) is 2. The average Bonchev–Trinajstić information content (AvgIpc) is 3.39. The van der Waals surface area contributed by atoms with Crippen molar-refractivity contribution >= 4 is 34.2 Å². The molecule has 11 heteroatoms. The number of carbonyl (C=O) groups excluding carboxylic acids is 2. The van der Waals surface area contributed by atoms with Crippen LogP contribution in [0.4, 0.5) is 4.79 Å². The van der Waals surface area contributed by atoms with Gasteiger partial charge in [-0.2, -0.15) is 0 Å². The minimum Gasteiger partial charge on any atom is -0.484 e. The summed E-state index contributed by atoms with van der Waals surface area (Å²) in [6.07, 6.45) is -1.31. The van der Waals surface area contributed by atoms with E-state index >= 15 is 0 Å². The second kappa shape index (κ2) is 13.8. The van der Waals surface area contributed by atoms with E-state index in [1.807, 2.05) is 60.0 Å². The van der Waals surface area contributed by atoms with Crippen LogP contribution < -0.4 is 4.74 Å². The van der Waals surface area contributed by atoms with Crippen molar-refractivity contribution in [3.05, 3.63) is 64.9 Å². The molecule has 10 nitrogen and oxygen atoms in total. The predicted molar refractivity (Wildman–Crippen MR) is 132 cm³/mol. The van der Waals surface area contributed by atoms with E-state index in [9.17, 15) is 9.59 Å². The molecule has 3 rings (SSSR count). The molecule has 0 fully saturated rings. The zero-order valence-electron chi connectivity index (χ0n) is 20.1. The highest BCUT2D eigenvalue weighted by Crippen LogP contribution is 2.33. The standard InChI is InChI=1S/C25H30N2O8S/c1-18(33-24(28)13-6-16-32-27(30)31)34-25(29)26(2)15-14-22(23-12-7-17-36-23)35-21-11-5-9-19-8-3-4-10-20(19)21/h3-5,7-12,17-18,22,30-31H,6,13-16H2,1-2H3/t18?,22-/m0/s1. The van der Waals surface area contributed by atoms with Crippen molar-refractivity contribution in [2.45, 2.75) is 38.6 Å². The zero-order chi connectivity index (χ0) is 25.9. The minimum absolute atomic E-state index is 0.0421. The van der Waals surface area contributed by atoms with Crippen molar-refractivity contribution in [3.63, 3.8) is 0 Å². The van der Waals surface area contributed by atoms with Gasteiger partial charge in [-0.05, 0) is 29.3 Å². The fourth-order valence-corrected chi connectivity index (χ4v) is 4.24. The largest absolute Gasteiger partial charge is 0.484 e. The first-order valence-corrected chi connectivity index (χ1v) is 12.3. The Morgan fingerprint density at radius 1 is 1.03 bits per heavy atom. The summed E-state index contributed by atoms with van der Waals surface area (Å²) < 4.78 is 16.7. The third-order valence-corrected chi connectivity index (χ3v) is 6.18. The summed E-state index contributed by atoms with van der Waals surface area (Å²) in [6.45, 7) is 1.70. The maximum atomic E-state index is 12.5. The van der Waals surface area contributed by atoms with Crippen LogP contribution in [0.5, 0.6) is 5.75 Å². The highest BCUT2D eigenvalue weighted by Gasteiger charge is 2.21. The second-order valence-corrected chi connectivity index (χ2v) is 8.92. The maximum Gasteiger partial charge on any atom is 0.412 e. The van der Waals surface area contributed by atoms with Crippen molar-refractivity contribution in [2.75, 3.05) is 20.2 Å². The number of hydrogen-bond donors (Lipinski definition) is 2. The van der Waals surface area contributed by atoms with E-state index in [0.29, 0.717) is 13.0 Å². The molecule has 2 N–H and O–H groups in total. The molecule has 0 radical (unpaired) electrons. The van der Waals surface area contributed by atoms with E-state index in [1.165, 1.54) is 11.8 Å². The number of esters is 1. The maximum absolute atomic E-state index is 12.5. The van der Waals surface area contributed by atoms with Crippen LogP contribution in [0.1, 0.15) is 37.2 Å². The minimum atomic E-state index is -1.08. The zero-order valence-corrected chi connectivity index (χ0v) is 20.9. The molecule has 2 atom stereocenters. The topological polar surface area (TPSA) is 118 Å². The average molecular weight is 519 g/mol. The van der Waals surface area contributed by atoms with Crippen molar-refractivity contribution in [3.8, 4) is 5.75 Å². The van der Waals surface area contributed by atoms with Gasteiger partial charge in [0.25, 0.3) is 0 Å². The Balaban J connectivity index is 1.51. The Labute approximate surface area is 213 Å². The Kier molecular flexibility index (Phi) is 10.5. The molecule has 0 aliphatic carbocycles. The van der Waals surface area contributed by atoms with Crippen LogP contribution in [0, 0.1) is 0 Å². The number of ether oxygens (including phenoxy) is 3. The molecule has 2 aromatic carbocycles. The van der Waals surface area contributed by atoms with Gasteiger partial charge < -0.3 is 19.1 Å². The lowest BCUT2D eigenvalue weighted by molar-refractivity contribution is -0.492. The lowest BCUT2D eigenvalue weighted by Crippen LogP contribution is -2.33. The molecule has 194 valence electrons. The molecule has 1 heterocycles. The van der Waals surface area contributed by atoms with Crippen LogP contribution in [-0.2, 0) is 19.1 Å². The van der Waals surface area contributed by atoms with E-state index < -0.39 is 23.7 Å². The van der Waals surface area contributed by atoms with Crippen molar-refractivity contribution in [1.82, 2.24) is 10.3 Å². The van der Waals surface area contributed by atoms with Gasteiger partial charge in [0, 0.05) is 43.6 Å². The summed E-state index contributed by atoms with van der Waals surface area (Å²) in [6, 6.07) is 17.9. The number of fused-ring (bicyclic) bond motifs is 1. The van der Waals surface area contributed by atoms with Crippen molar-refractivity contribution < 1.29 is 39.1 Å². The summed E-state index contributed by atoms with van der Waals surface area (Å²) in [5.74, 6) is 0.165. The third-order valence-electron chi connectivity index (χ3n) is 5.21. The van der Waals surface area contributed by atoms with Crippen LogP contribution in [0.25, 0.3) is 10.8 Å². The Morgan fingerprint density at radius 2 is 1.81 bits per heavy atom. The first-order chi connectivity index (χ1) is 17.3. The number of benzene rings is 2. The van der Waals surface area contributed by atoms with Gasteiger partial charge in [-0.3, -0.25) is 20.0 Å². The lowest BCUT2D eigenvalue weighted by atomic mass is 10.1. The van der Waals surface area contributed by atoms with E-state index in [0.717, 1.165) is 21.4 Å². The lowest BCUT2D eigenvalue weighted by Gasteiger charge is -2.24. The highest BCUT2D eigenvalue weighted by molar-refractivity contribution is 7.10. The molecule has 0 spiro atoms. The molecule has 36 heavy (non-hydrogen) atoms. The van der Waals surface area contributed by atoms with Crippen LogP contribution in [0.15, 0.2) is 60.0 Å². The summed E-state index contributed by atoms with van der Waals surface area (Å²) in [5, 5.41) is 20.5. The molecular weight excluding hydrogens is 488 g/mol. The third kappa shape index (κ3) is 8.47. The molecule has 1 unspecified atom stereocenters. The van der Waals surface area contributed by atoms with Gasteiger partial charge >= 0.3 is 12.1 Å². The van der Waals surface area contributed by atoms with Gasteiger partial charge in [-0.1, -0.05) is 42.5 Å². The normalized spacial score (nSPS) is 12.8. The molecular formula is C25H30N2O8S. The first kappa shape index (κ1) is 27.4. The molecule has 0 aliphatic heterocycles. The highest BCUT2D eigenvalue weighted by atomic mass is 32.1. The van der Waals surface area contributed by atoms with Gasteiger partial charge in [0.2, 0.25) is 6.29 Å². The summed E-state index contributed by atoms with van der Waals surface area (Å²) in [5.41, 5.74) is 0. The van der Waals surface area contributed by atoms with Crippen molar-refractivity contribution in [2.24, 2.45) is 0 Å². The fourth-order valence-electron chi connectivity index (χ4n) is 3.45. The predicted octanol–water partition coefficient (Wildman–Crippen LogP) is 5.16. The molecule has 0 saturated carbocycles. The van der Waals surface area contributed by atoms with Gasteiger partial charge in [0.05, 0.1) is 12.0 Å². The smallest absolute Gasteiger partial charge is 0.412 e. The van der Waals surface area contributed by atoms with E-state index in [-0.39, 0.29) is 25.6 Å². The second-order valence-electron chi connectivity index (χ2n) is 7.94. The van der Waals surface area contributed by atoms with Crippen molar-refractivity contribution in [1.29, 1.82) is 0 Å². The molecule has 1 amide bonds. The Bertz CT molecular complexity index is 1100. The van der Waals surface area contributed by atoms with E-state index in [2.05, 4.69) is 4.84 Å². The van der Waals surface area contributed by atoms with Crippen LogP contribution in [0.3, 0.4) is 0 Å². The number of amides is 1. The first-order valence-electron chi connectivity index (χ1n) is 11.4. The van der Waals surface area contributed by atoms with Gasteiger partial charge in [-0.15, -0.1) is 11.3 Å². The molecule has 0 bridgehead atoms. The summed E-state index contributed by atoms with van der Waals surface area (Å²) >= 11 is 1.59. The fraction of sp³-hybridized carbons (Fsp3) is 0.360. The van der Waals surface area contributed by atoms with Crippen LogP contribution in [-0.4, -0.2) is 59.3 Å². The SMILES string of the molecule is CC(OC(=O)CCCON(O)O)OC(=O)N(C)CC[C@H](Oc1cccc2ccccc12)c1cccs1.